The Balaban J connectivity index is 2.49. The molecule has 0 aliphatic heterocycles. The van der Waals surface area contributed by atoms with Crippen LogP contribution in [0.4, 0.5) is 0 Å². The van der Waals surface area contributed by atoms with Crippen molar-refractivity contribution in [2.45, 2.75) is 64.1 Å². The van der Waals surface area contributed by atoms with E-state index in [0.717, 1.165) is 36.8 Å². The molecular weight excluding hydrogens is 364 g/mol. The minimum absolute atomic E-state index is 0.466. The molecule has 0 spiro atoms. The molecule has 0 radical (unpaired) electrons. The predicted molar refractivity (Wildman–Crippen MR) is 123 cm³/mol. The van der Waals surface area contributed by atoms with Crippen molar-refractivity contribution in [3.05, 3.63) is 77.4 Å². The molecule has 28 heavy (non-hydrogen) atoms. The Morgan fingerprint density at radius 3 is 2.14 bits per heavy atom. The standard InChI is InChI=1S/C25H32O2S/c1-3-5-6-13-18-25(27,23(26)4-2)22(19-20-14-9-7-10-15-20)24(28)21-16-11-8-12-17-21/h7-12,14-17,19,23,26-27H,3-6,13,18H2,1-2H3. The van der Waals surface area contributed by atoms with Gasteiger partial charge in [0.25, 0.3) is 0 Å². The lowest BCUT2D eigenvalue weighted by atomic mass is 9.78. The van der Waals surface area contributed by atoms with Crippen molar-refractivity contribution in [3.63, 3.8) is 0 Å². The van der Waals surface area contributed by atoms with Gasteiger partial charge in [0.05, 0.1) is 11.0 Å². The van der Waals surface area contributed by atoms with Crippen LogP contribution in [0, 0.1) is 0 Å². The maximum atomic E-state index is 11.7. The normalized spacial score (nSPS) is 15.1. The Labute approximate surface area is 174 Å². The zero-order chi connectivity index (χ0) is 20.4. The molecule has 0 aromatic heterocycles. The summed E-state index contributed by atoms with van der Waals surface area (Å²) in [7, 11) is 0. The van der Waals surface area contributed by atoms with Crippen LogP contribution >= 0.6 is 12.2 Å². The lowest BCUT2D eigenvalue weighted by Crippen LogP contribution is -2.46. The Morgan fingerprint density at radius 2 is 1.57 bits per heavy atom. The van der Waals surface area contributed by atoms with Gasteiger partial charge in [-0.1, -0.05) is 112 Å². The van der Waals surface area contributed by atoms with Gasteiger partial charge in [-0.25, -0.2) is 0 Å². The van der Waals surface area contributed by atoms with Crippen LogP contribution in [0.1, 0.15) is 63.5 Å². The second kappa shape index (κ2) is 11.3. The summed E-state index contributed by atoms with van der Waals surface area (Å²) in [5.74, 6) is 0. The largest absolute Gasteiger partial charge is 0.390 e. The third kappa shape index (κ3) is 5.84. The minimum atomic E-state index is -1.37. The quantitative estimate of drug-likeness (QED) is 0.213. The maximum absolute atomic E-state index is 11.7. The molecule has 2 aromatic carbocycles. The molecule has 2 atom stereocenters. The highest BCUT2D eigenvalue weighted by molar-refractivity contribution is 7.81. The van der Waals surface area contributed by atoms with Gasteiger partial charge in [0, 0.05) is 5.57 Å². The van der Waals surface area contributed by atoms with Gasteiger partial charge in [-0.15, -0.1) is 0 Å². The predicted octanol–water partition coefficient (Wildman–Crippen LogP) is 5.96. The third-order valence-electron chi connectivity index (χ3n) is 5.21. The summed E-state index contributed by atoms with van der Waals surface area (Å²) in [5, 5.41) is 22.6. The molecule has 2 N–H and O–H groups in total. The molecule has 150 valence electrons. The summed E-state index contributed by atoms with van der Waals surface area (Å²) < 4.78 is 0. The summed E-state index contributed by atoms with van der Waals surface area (Å²) in [6.07, 6.45) is 6.17. The summed E-state index contributed by atoms with van der Waals surface area (Å²) in [6, 6.07) is 19.6. The van der Waals surface area contributed by atoms with Gasteiger partial charge in [-0.2, -0.15) is 0 Å². The van der Waals surface area contributed by atoms with Crippen LogP contribution in [0.3, 0.4) is 0 Å². The number of thiocarbonyl (C=S) groups is 1. The van der Waals surface area contributed by atoms with Gasteiger partial charge >= 0.3 is 0 Å². The van der Waals surface area contributed by atoms with E-state index in [2.05, 4.69) is 6.92 Å². The van der Waals surface area contributed by atoms with E-state index >= 15 is 0 Å². The van der Waals surface area contributed by atoms with E-state index in [1.54, 1.807) is 0 Å². The highest BCUT2D eigenvalue weighted by Gasteiger charge is 2.39. The zero-order valence-corrected chi connectivity index (χ0v) is 17.8. The van der Waals surface area contributed by atoms with Crippen molar-refractivity contribution in [1.82, 2.24) is 0 Å². The van der Waals surface area contributed by atoms with Crippen LogP contribution in [-0.2, 0) is 0 Å². The van der Waals surface area contributed by atoms with Crippen molar-refractivity contribution in [1.29, 1.82) is 0 Å². The fourth-order valence-corrected chi connectivity index (χ4v) is 3.86. The molecule has 0 saturated carbocycles. The number of aliphatic hydroxyl groups is 2. The molecule has 0 amide bonds. The van der Waals surface area contributed by atoms with E-state index in [1.807, 2.05) is 73.7 Å². The van der Waals surface area contributed by atoms with E-state index in [4.69, 9.17) is 12.2 Å². The summed E-state index contributed by atoms with van der Waals surface area (Å²) in [6.45, 7) is 4.06. The van der Waals surface area contributed by atoms with E-state index < -0.39 is 11.7 Å². The third-order valence-corrected chi connectivity index (χ3v) is 5.66. The molecule has 2 rings (SSSR count). The lowest BCUT2D eigenvalue weighted by Gasteiger charge is -2.36. The molecule has 2 unspecified atom stereocenters. The van der Waals surface area contributed by atoms with Crippen molar-refractivity contribution in [3.8, 4) is 0 Å². The first-order valence-electron chi connectivity index (χ1n) is 10.3. The SMILES string of the molecule is CCCCCCC(O)(C(=Cc1ccccc1)C(=S)c1ccccc1)C(O)CC. The van der Waals surface area contributed by atoms with E-state index in [0.29, 0.717) is 23.3 Å². The molecule has 0 heterocycles. The van der Waals surface area contributed by atoms with Crippen LogP contribution in [0.2, 0.25) is 0 Å². The van der Waals surface area contributed by atoms with Crippen LogP contribution in [-0.4, -0.2) is 26.8 Å². The monoisotopic (exact) mass is 396 g/mol. The van der Waals surface area contributed by atoms with Crippen LogP contribution < -0.4 is 0 Å². The maximum Gasteiger partial charge on any atom is 0.117 e. The molecule has 0 aliphatic rings. The number of hydrogen-bond donors (Lipinski definition) is 2. The first kappa shape index (κ1) is 22.5. The number of benzene rings is 2. The number of aliphatic hydroxyl groups excluding tert-OH is 1. The second-order valence-corrected chi connectivity index (χ2v) is 7.73. The summed E-state index contributed by atoms with van der Waals surface area (Å²) in [4.78, 5) is 0.593. The fraction of sp³-hybridized carbons (Fsp3) is 0.400. The summed E-state index contributed by atoms with van der Waals surface area (Å²) >= 11 is 5.82. The Kier molecular flexibility index (Phi) is 9.04. The van der Waals surface area contributed by atoms with Crippen molar-refractivity contribution >= 4 is 23.2 Å². The molecule has 3 heteroatoms. The Hall–Kier alpha value is -1.81. The Morgan fingerprint density at radius 1 is 0.964 bits per heavy atom. The first-order valence-corrected chi connectivity index (χ1v) is 10.7. The van der Waals surface area contributed by atoms with E-state index in [-0.39, 0.29) is 0 Å². The van der Waals surface area contributed by atoms with Crippen LogP contribution in [0.25, 0.3) is 6.08 Å². The van der Waals surface area contributed by atoms with Gasteiger partial charge in [0.15, 0.2) is 0 Å². The molecule has 0 aliphatic carbocycles. The van der Waals surface area contributed by atoms with Gasteiger partial charge in [0.1, 0.15) is 5.60 Å². The number of hydrogen-bond acceptors (Lipinski definition) is 3. The second-order valence-electron chi connectivity index (χ2n) is 7.32. The zero-order valence-electron chi connectivity index (χ0n) is 17.0. The Bertz CT molecular complexity index is 755. The minimum Gasteiger partial charge on any atom is -0.390 e. The molecular formula is C25H32O2S. The van der Waals surface area contributed by atoms with Gasteiger partial charge in [-0.3, -0.25) is 0 Å². The number of unbranched alkanes of at least 4 members (excludes halogenated alkanes) is 3. The summed E-state index contributed by atoms with van der Waals surface area (Å²) in [5.41, 5.74) is 1.11. The first-order chi connectivity index (χ1) is 13.5. The molecule has 0 fully saturated rings. The topological polar surface area (TPSA) is 40.5 Å². The molecule has 0 bridgehead atoms. The van der Waals surface area contributed by atoms with E-state index in [9.17, 15) is 10.2 Å². The average molecular weight is 397 g/mol. The van der Waals surface area contributed by atoms with Gasteiger partial charge < -0.3 is 10.2 Å². The fourth-order valence-electron chi connectivity index (χ4n) is 3.49. The lowest BCUT2D eigenvalue weighted by molar-refractivity contribution is -0.0510. The van der Waals surface area contributed by atoms with Crippen LogP contribution in [0.15, 0.2) is 66.2 Å². The smallest absolute Gasteiger partial charge is 0.117 e. The van der Waals surface area contributed by atoms with E-state index in [1.165, 1.54) is 0 Å². The van der Waals surface area contributed by atoms with Crippen LogP contribution in [0.5, 0.6) is 0 Å². The molecule has 2 nitrogen and oxygen atoms in total. The van der Waals surface area contributed by atoms with Gasteiger partial charge in [-0.05, 0) is 30.0 Å². The molecule has 0 saturated heterocycles. The molecule has 2 aromatic rings. The van der Waals surface area contributed by atoms with Crippen molar-refractivity contribution in [2.75, 3.05) is 0 Å². The number of rotatable bonds is 11. The van der Waals surface area contributed by atoms with Crippen molar-refractivity contribution < 1.29 is 10.2 Å². The highest BCUT2D eigenvalue weighted by Crippen LogP contribution is 2.34. The highest BCUT2D eigenvalue weighted by atomic mass is 32.1. The van der Waals surface area contributed by atoms with Gasteiger partial charge in [0.2, 0.25) is 0 Å². The van der Waals surface area contributed by atoms with Crippen molar-refractivity contribution in [2.24, 2.45) is 0 Å². The average Bonchev–Trinajstić information content (AvgIpc) is 2.75.